The van der Waals surface area contributed by atoms with Crippen molar-refractivity contribution in [3.8, 4) is 5.75 Å². The van der Waals surface area contributed by atoms with E-state index < -0.39 is 0 Å². The summed E-state index contributed by atoms with van der Waals surface area (Å²) in [5, 5.41) is 0. The summed E-state index contributed by atoms with van der Waals surface area (Å²) in [5.41, 5.74) is 7.27. The van der Waals surface area contributed by atoms with Gasteiger partial charge >= 0.3 is 0 Å². The molecule has 0 spiro atoms. The van der Waals surface area contributed by atoms with Gasteiger partial charge in [-0.05, 0) is 36.6 Å². The molecule has 0 bridgehead atoms. The molecule has 1 aromatic rings. The number of methoxy groups -OCH3 is 1. The van der Waals surface area contributed by atoms with Gasteiger partial charge in [-0.1, -0.05) is 25.5 Å². The highest BCUT2D eigenvalue weighted by Gasteiger charge is 2.27. The van der Waals surface area contributed by atoms with Gasteiger partial charge in [-0.15, -0.1) is 0 Å². The SMILES string of the molecule is CCC1CCN(C(CN)c2ccc(OC)cc2)C1. The molecule has 0 saturated carbocycles. The molecule has 0 aromatic heterocycles. The molecule has 0 aliphatic carbocycles. The highest BCUT2D eigenvalue weighted by molar-refractivity contribution is 5.29. The van der Waals surface area contributed by atoms with Crippen LogP contribution in [0.15, 0.2) is 24.3 Å². The van der Waals surface area contributed by atoms with Crippen LogP contribution < -0.4 is 10.5 Å². The minimum Gasteiger partial charge on any atom is -0.497 e. The van der Waals surface area contributed by atoms with E-state index in [2.05, 4.69) is 24.0 Å². The third-order valence-corrected chi connectivity index (χ3v) is 4.06. The van der Waals surface area contributed by atoms with Crippen molar-refractivity contribution in [2.45, 2.75) is 25.8 Å². The first-order chi connectivity index (χ1) is 8.78. The molecule has 1 aliphatic heterocycles. The second-order valence-corrected chi connectivity index (χ2v) is 5.08. The third kappa shape index (κ3) is 2.85. The van der Waals surface area contributed by atoms with Crippen molar-refractivity contribution >= 4 is 0 Å². The third-order valence-electron chi connectivity index (χ3n) is 4.06. The first kappa shape index (κ1) is 13.4. The Balaban J connectivity index is 2.08. The van der Waals surface area contributed by atoms with Gasteiger partial charge in [0.25, 0.3) is 0 Å². The van der Waals surface area contributed by atoms with Crippen molar-refractivity contribution in [2.24, 2.45) is 11.7 Å². The fourth-order valence-corrected chi connectivity index (χ4v) is 2.80. The first-order valence-corrected chi connectivity index (χ1v) is 6.86. The first-order valence-electron chi connectivity index (χ1n) is 6.86. The van der Waals surface area contributed by atoms with Gasteiger partial charge in [-0.25, -0.2) is 0 Å². The second-order valence-electron chi connectivity index (χ2n) is 5.08. The van der Waals surface area contributed by atoms with Crippen molar-refractivity contribution in [3.63, 3.8) is 0 Å². The molecule has 2 atom stereocenters. The molecule has 1 fully saturated rings. The number of hydrogen-bond donors (Lipinski definition) is 1. The number of nitrogens with two attached hydrogens (primary N) is 1. The molecule has 18 heavy (non-hydrogen) atoms. The zero-order valence-corrected chi connectivity index (χ0v) is 11.4. The Labute approximate surface area is 110 Å². The number of hydrogen-bond acceptors (Lipinski definition) is 3. The Kier molecular flexibility index (Phi) is 4.61. The van der Waals surface area contributed by atoms with E-state index in [1.54, 1.807) is 7.11 Å². The van der Waals surface area contributed by atoms with E-state index in [4.69, 9.17) is 10.5 Å². The quantitative estimate of drug-likeness (QED) is 0.869. The molecular formula is C15H24N2O. The van der Waals surface area contributed by atoms with Gasteiger partial charge in [-0.3, -0.25) is 4.90 Å². The average molecular weight is 248 g/mol. The summed E-state index contributed by atoms with van der Waals surface area (Å²) in [6, 6.07) is 8.66. The van der Waals surface area contributed by atoms with Crippen LogP contribution >= 0.6 is 0 Å². The molecule has 1 aromatic carbocycles. The van der Waals surface area contributed by atoms with Crippen LogP contribution in [0.5, 0.6) is 5.75 Å². The lowest BCUT2D eigenvalue weighted by atomic mass is 10.0. The van der Waals surface area contributed by atoms with Crippen molar-refractivity contribution in [2.75, 3.05) is 26.7 Å². The van der Waals surface area contributed by atoms with Gasteiger partial charge in [0.1, 0.15) is 5.75 Å². The fourth-order valence-electron chi connectivity index (χ4n) is 2.80. The summed E-state index contributed by atoms with van der Waals surface area (Å²) >= 11 is 0. The summed E-state index contributed by atoms with van der Waals surface area (Å²) in [6.45, 7) is 5.32. The van der Waals surface area contributed by atoms with Gasteiger partial charge in [0.05, 0.1) is 7.11 Å². The van der Waals surface area contributed by atoms with Crippen LogP contribution in [0.3, 0.4) is 0 Å². The number of benzene rings is 1. The maximum atomic E-state index is 5.97. The van der Waals surface area contributed by atoms with Gasteiger partial charge < -0.3 is 10.5 Å². The van der Waals surface area contributed by atoms with Crippen LogP contribution in [-0.2, 0) is 0 Å². The molecule has 2 N–H and O–H groups in total. The number of likely N-dealkylation sites (tertiary alicyclic amines) is 1. The molecule has 1 aliphatic rings. The van der Waals surface area contributed by atoms with Crippen molar-refractivity contribution < 1.29 is 4.74 Å². The normalized spacial score (nSPS) is 22.1. The second kappa shape index (κ2) is 6.21. The van der Waals surface area contributed by atoms with E-state index in [9.17, 15) is 0 Å². The molecule has 0 amide bonds. The van der Waals surface area contributed by atoms with Gasteiger partial charge in [0, 0.05) is 19.1 Å². The van der Waals surface area contributed by atoms with E-state index in [0.717, 1.165) is 11.7 Å². The zero-order valence-electron chi connectivity index (χ0n) is 11.4. The molecule has 1 heterocycles. The fraction of sp³-hybridized carbons (Fsp3) is 0.600. The van der Waals surface area contributed by atoms with E-state index in [1.807, 2.05) is 12.1 Å². The predicted molar refractivity (Wildman–Crippen MR) is 74.8 cm³/mol. The Morgan fingerprint density at radius 2 is 2.11 bits per heavy atom. The van der Waals surface area contributed by atoms with Gasteiger partial charge in [0.2, 0.25) is 0 Å². The molecule has 3 heteroatoms. The van der Waals surface area contributed by atoms with Crippen molar-refractivity contribution in [1.29, 1.82) is 0 Å². The van der Waals surface area contributed by atoms with Crippen molar-refractivity contribution in [3.05, 3.63) is 29.8 Å². The smallest absolute Gasteiger partial charge is 0.118 e. The van der Waals surface area contributed by atoms with E-state index in [0.29, 0.717) is 12.6 Å². The summed E-state index contributed by atoms with van der Waals surface area (Å²) in [4.78, 5) is 2.52. The van der Waals surface area contributed by atoms with Crippen LogP contribution in [0.4, 0.5) is 0 Å². The van der Waals surface area contributed by atoms with E-state index >= 15 is 0 Å². The minimum absolute atomic E-state index is 0.354. The maximum Gasteiger partial charge on any atom is 0.118 e. The Morgan fingerprint density at radius 3 is 2.61 bits per heavy atom. The minimum atomic E-state index is 0.354. The van der Waals surface area contributed by atoms with Gasteiger partial charge in [-0.2, -0.15) is 0 Å². The van der Waals surface area contributed by atoms with E-state index in [1.165, 1.54) is 31.5 Å². The lowest BCUT2D eigenvalue weighted by Gasteiger charge is -2.27. The Morgan fingerprint density at radius 1 is 1.39 bits per heavy atom. The van der Waals surface area contributed by atoms with Crippen LogP contribution in [-0.4, -0.2) is 31.6 Å². The Hall–Kier alpha value is -1.06. The Bertz CT molecular complexity index is 363. The maximum absolute atomic E-state index is 5.97. The number of nitrogens with zero attached hydrogens (tertiary/aromatic N) is 1. The topological polar surface area (TPSA) is 38.5 Å². The molecule has 100 valence electrons. The van der Waals surface area contributed by atoms with Crippen LogP contribution in [0.1, 0.15) is 31.4 Å². The zero-order chi connectivity index (χ0) is 13.0. The van der Waals surface area contributed by atoms with Crippen LogP contribution in [0, 0.1) is 5.92 Å². The highest BCUT2D eigenvalue weighted by Crippen LogP contribution is 2.29. The molecule has 2 unspecified atom stereocenters. The molecular weight excluding hydrogens is 224 g/mol. The van der Waals surface area contributed by atoms with Crippen LogP contribution in [0.25, 0.3) is 0 Å². The van der Waals surface area contributed by atoms with Crippen LogP contribution in [0.2, 0.25) is 0 Å². The monoisotopic (exact) mass is 248 g/mol. The van der Waals surface area contributed by atoms with Gasteiger partial charge in [0.15, 0.2) is 0 Å². The predicted octanol–water partition coefficient (Wildman–Crippen LogP) is 2.43. The molecule has 2 rings (SSSR count). The standard InChI is InChI=1S/C15H24N2O/c1-3-12-8-9-17(11-12)15(10-16)13-4-6-14(18-2)7-5-13/h4-7,12,15H,3,8-11,16H2,1-2H3. The molecule has 1 saturated heterocycles. The average Bonchev–Trinajstić information content (AvgIpc) is 2.89. The lowest BCUT2D eigenvalue weighted by Crippen LogP contribution is -2.32. The van der Waals surface area contributed by atoms with E-state index in [-0.39, 0.29) is 0 Å². The summed E-state index contributed by atoms with van der Waals surface area (Å²) < 4.78 is 5.20. The molecule has 0 radical (unpaired) electrons. The molecule has 3 nitrogen and oxygen atoms in total. The van der Waals surface area contributed by atoms with Crippen molar-refractivity contribution in [1.82, 2.24) is 4.90 Å². The summed E-state index contributed by atoms with van der Waals surface area (Å²) in [6.07, 6.45) is 2.58. The number of rotatable bonds is 5. The lowest BCUT2D eigenvalue weighted by molar-refractivity contribution is 0.240. The highest BCUT2D eigenvalue weighted by atomic mass is 16.5. The largest absolute Gasteiger partial charge is 0.497 e. The summed E-state index contributed by atoms with van der Waals surface area (Å²) in [7, 11) is 1.70. The number of ether oxygens (including phenoxy) is 1. The summed E-state index contributed by atoms with van der Waals surface area (Å²) in [5.74, 6) is 1.75.